The van der Waals surface area contributed by atoms with Crippen LogP contribution in [0.25, 0.3) is 10.9 Å². The van der Waals surface area contributed by atoms with Gasteiger partial charge in [0.2, 0.25) is 5.91 Å². The van der Waals surface area contributed by atoms with Crippen molar-refractivity contribution in [2.45, 2.75) is 63.7 Å². The van der Waals surface area contributed by atoms with Crippen molar-refractivity contribution in [3.8, 4) is 0 Å². The summed E-state index contributed by atoms with van der Waals surface area (Å²) in [7, 11) is 0. The number of hydrogen-bond donors (Lipinski definition) is 2. The van der Waals surface area contributed by atoms with Crippen molar-refractivity contribution in [1.29, 1.82) is 0 Å². The van der Waals surface area contributed by atoms with Crippen molar-refractivity contribution in [2.24, 2.45) is 0 Å². The molecule has 26 heavy (non-hydrogen) atoms. The fourth-order valence-corrected chi connectivity index (χ4v) is 4.18. The molecule has 2 fully saturated rings. The standard InChI is InChI=1S/C21H29N3O2/c1-15-14-16-4-2-3-5-20(16)24(15)11-8-21(25)23-19-7-6-18(19)22-17-9-12-26-13-10-17/h2-5,14,17-19,22H,6-13H2,1H3,(H,23,25)/t18-,19+/m0/s1. The number of carbonyl (C=O) groups excluding carboxylic acids is 1. The molecule has 1 amide bonds. The molecule has 2 N–H and O–H groups in total. The van der Waals surface area contributed by atoms with Gasteiger partial charge in [0, 0.05) is 55.5 Å². The Morgan fingerprint density at radius 1 is 1.15 bits per heavy atom. The van der Waals surface area contributed by atoms with E-state index in [0.29, 0.717) is 18.5 Å². The van der Waals surface area contributed by atoms with E-state index >= 15 is 0 Å². The van der Waals surface area contributed by atoms with E-state index in [0.717, 1.165) is 45.4 Å². The van der Waals surface area contributed by atoms with Crippen LogP contribution in [0.5, 0.6) is 0 Å². The molecule has 2 heterocycles. The Morgan fingerprint density at radius 3 is 2.69 bits per heavy atom. The van der Waals surface area contributed by atoms with Crippen LogP contribution >= 0.6 is 0 Å². The molecule has 1 aliphatic heterocycles. The lowest BCUT2D eigenvalue weighted by atomic mass is 9.85. The van der Waals surface area contributed by atoms with Crippen LogP contribution in [0.15, 0.2) is 30.3 Å². The van der Waals surface area contributed by atoms with Crippen LogP contribution in [0.2, 0.25) is 0 Å². The van der Waals surface area contributed by atoms with Crippen LogP contribution in [0.4, 0.5) is 0 Å². The van der Waals surface area contributed by atoms with Gasteiger partial charge < -0.3 is 19.9 Å². The predicted octanol–water partition coefficient (Wildman–Crippen LogP) is 2.76. The molecule has 5 nitrogen and oxygen atoms in total. The molecule has 0 spiro atoms. The first-order valence-corrected chi connectivity index (χ1v) is 9.89. The minimum Gasteiger partial charge on any atom is -0.381 e. The highest BCUT2D eigenvalue weighted by molar-refractivity contribution is 5.82. The van der Waals surface area contributed by atoms with Gasteiger partial charge in [-0.05, 0) is 50.1 Å². The van der Waals surface area contributed by atoms with Crippen LogP contribution in [0.3, 0.4) is 0 Å². The molecule has 2 aliphatic rings. The Morgan fingerprint density at radius 2 is 1.92 bits per heavy atom. The van der Waals surface area contributed by atoms with Crippen molar-refractivity contribution in [2.75, 3.05) is 13.2 Å². The van der Waals surface area contributed by atoms with Gasteiger partial charge >= 0.3 is 0 Å². The third kappa shape index (κ3) is 3.79. The summed E-state index contributed by atoms with van der Waals surface area (Å²) in [5, 5.41) is 8.19. The number of amides is 1. The number of nitrogens with one attached hydrogen (secondary N) is 2. The predicted molar refractivity (Wildman–Crippen MR) is 103 cm³/mol. The zero-order valence-electron chi connectivity index (χ0n) is 15.5. The maximum Gasteiger partial charge on any atom is 0.222 e. The van der Waals surface area contributed by atoms with Gasteiger partial charge in [0.15, 0.2) is 0 Å². The second kappa shape index (κ2) is 7.80. The van der Waals surface area contributed by atoms with Crippen molar-refractivity contribution >= 4 is 16.8 Å². The van der Waals surface area contributed by atoms with E-state index in [1.54, 1.807) is 0 Å². The van der Waals surface area contributed by atoms with Crippen LogP contribution < -0.4 is 10.6 Å². The molecule has 1 saturated heterocycles. The molecule has 2 aromatic rings. The molecule has 0 radical (unpaired) electrons. The van der Waals surface area contributed by atoms with Crippen LogP contribution in [0.1, 0.15) is 37.8 Å². The third-order valence-corrected chi connectivity index (χ3v) is 5.87. The molecule has 2 atom stereocenters. The van der Waals surface area contributed by atoms with Crippen molar-refractivity contribution in [3.05, 3.63) is 36.0 Å². The van der Waals surface area contributed by atoms with E-state index in [9.17, 15) is 4.79 Å². The van der Waals surface area contributed by atoms with E-state index in [4.69, 9.17) is 4.74 Å². The molecule has 1 aromatic heterocycles. The Balaban J connectivity index is 1.28. The maximum atomic E-state index is 12.5. The highest BCUT2D eigenvalue weighted by Gasteiger charge is 2.33. The number of nitrogens with zero attached hydrogens (tertiary/aromatic N) is 1. The minimum absolute atomic E-state index is 0.158. The Labute approximate surface area is 155 Å². The Kier molecular flexibility index (Phi) is 5.27. The molecule has 4 rings (SSSR count). The minimum atomic E-state index is 0.158. The molecule has 1 aromatic carbocycles. The molecular formula is C21H29N3O2. The van der Waals surface area contributed by atoms with Gasteiger partial charge in [-0.2, -0.15) is 0 Å². The zero-order chi connectivity index (χ0) is 17.9. The highest BCUT2D eigenvalue weighted by atomic mass is 16.5. The maximum absolute atomic E-state index is 12.5. The first kappa shape index (κ1) is 17.6. The smallest absolute Gasteiger partial charge is 0.222 e. The highest BCUT2D eigenvalue weighted by Crippen LogP contribution is 2.23. The van der Waals surface area contributed by atoms with Gasteiger partial charge in [-0.3, -0.25) is 4.79 Å². The largest absolute Gasteiger partial charge is 0.381 e. The molecule has 1 aliphatic carbocycles. The molecule has 140 valence electrons. The number of aryl methyl sites for hydroxylation is 2. The average molecular weight is 355 g/mol. The molecule has 1 saturated carbocycles. The average Bonchev–Trinajstić information content (AvgIpc) is 2.97. The number of benzene rings is 1. The van der Waals surface area contributed by atoms with Gasteiger partial charge in [-0.15, -0.1) is 0 Å². The fourth-order valence-electron chi connectivity index (χ4n) is 4.18. The summed E-state index contributed by atoms with van der Waals surface area (Å²) in [5.74, 6) is 0.158. The zero-order valence-corrected chi connectivity index (χ0v) is 15.5. The summed E-state index contributed by atoms with van der Waals surface area (Å²) in [6.45, 7) is 4.55. The number of ether oxygens (including phenoxy) is 1. The van der Waals surface area contributed by atoms with E-state index in [2.05, 4.69) is 52.5 Å². The Bertz CT molecular complexity index is 764. The third-order valence-electron chi connectivity index (χ3n) is 5.87. The lowest BCUT2D eigenvalue weighted by Crippen LogP contribution is -2.59. The monoisotopic (exact) mass is 355 g/mol. The Hall–Kier alpha value is -1.85. The summed E-state index contributed by atoms with van der Waals surface area (Å²) >= 11 is 0. The lowest BCUT2D eigenvalue weighted by molar-refractivity contribution is -0.122. The molecule has 0 unspecified atom stereocenters. The number of para-hydroxylation sites is 1. The van der Waals surface area contributed by atoms with Gasteiger partial charge in [0.1, 0.15) is 0 Å². The van der Waals surface area contributed by atoms with Gasteiger partial charge in [-0.1, -0.05) is 18.2 Å². The topological polar surface area (TPSA) is 55.3 Å². The molecule has 5 heteroatoms. The van der Waals surface area contributed by atoms with Gasteiger partial charge in [0.05, 0.1) is 0 Å². The van der Waals surface area contributed by atoms with E-state index in [-0.39, 0.29) is 11.9 Å². The van der Waals surface area contributed by atoms with Gasteiger partial charge in [-0.25, -0.2) is 0 Å². The van der Waals surface area contributed by atoms with E-state index in [1.165, 1.54) is 16.6 Å². The summed E-state index contributed by atoms with van der Waals surface area (Å²) in [6, 6.07) is 11.8. The fraction of sp³-hybridized carbons (Fsp3) is 0.571. The van der Waals surface area contributed by atoms with Crippen LogP contribution in [-0.4, -0.2) is 41.8 Å². The summed E-state index contributed by atoms with van der Waals surface area (Å²) in [4.78, 5) is 12.5. The lowest BCUT2D eigenvalue weighted by Gasteiger charge is -2.41. The number of aromatic nitrogens is 1. The SMILES string of the molecule is Cc1cc2ccccc2n1CCC(=O)N[C@@H]1CC[C@@H]1NC1CCOCC1. The number of hydrogen-bond acceptors (Lipinski definition) is 3. The molecule has 0 bridgehead atoms. The quantitative estimate of drug-likeness (QED) is 0.838. The van der Waals surface area contributed by atoms with Crippen molar-refractivity contribution in [1.82, 2.24) is 15.2 Å². The number of carbonyl (C=O) groups is 1. The summed E-state index contributed by atoms with van der Waals surface area (Å²) in [6.07, 6.45) is 4.93. The summed E-state index contributed by atoms with van der Waals surface area (Å²) < 4.78 is 7.66. The van der Waals surface area contributed by atoms with Crippen molar-refractivity contribution in [3.63, 3.8) is 0 Å². The first-order valence-electron chi connectivity index (χ1n) is 9.89. The van der Waals surface area contributed by atoms with Crippen LogP contribution in [-0.2, 0) is 16.1 Å². The van der Waals surface area contributed by atoms with E-state index < -0.39 is 0 Å². The first-order chi connectivity index (χ1) is 12.7. The second-order valence-corrected chi connectivity index (χ2v) is 7.66. The second-order valence-electron chi connectivity index (χ2n) is 7.66. The van der Waals surface area contributed by atoms with Gasteiger partial charge in [0.25, 0.3) is 0 Å². The molecular weight excluding hydrogens is 326 g/mol. The normalized spacial score (nSPS) is 23.7. The van der Waals surface area contributed by atoms with Crippen LogP contribution in [0, 0.1) is 6.92 Å². The number of rotatable bonds is 6. The van der Waals surface area contributed by atoms with E-state index in [1.807, 2.05) is 0 Å². The van der Waals surface area contributed by atoms with Crippen molar-refractivity contribution < 1.29 is 9.53 Å². The summed E-state index contributed by atoms with van der Waals surface area (Å²) in [5.41, 5.74) is 2.42. The number of fused-ring (bicyclic) bond motifs is 1.